The summed E-state index contributed by atoms with van der Waals surface area (Å²) in [4.78, 5) is 20.5. The Hall–Kier alpha value is -2.70. The van der Waals surface area contributed by atoms with Gasteiger partial charge in [0.25, 0.3) is 5.91 Å². The van der Waals surface area contributed by atoms with Crippen molar-refractivity contribution in [2.75, 3.05) is 10.6 Å². The molecule has 0 unspecified atom stereocenters. The largest absolute Gasteiger partial charge is 0.324 e. The molecule has 0 aliphatic rings. The summed E-state index contributed by atoms with van der Waals surface area (Å²) in [5.41, 5.74) is 0.956. The van der Waals surface area contributed by atoms with Crippen molar-refractivity contribution < 1.29 is 9.18 Å². The van der Waals surface area contributed by atoms with Crippen molar-refractivity contribution in [1.29, 1.82) is 0 Å². The van der Waals surface area contributed by atoms with E-state index in [1.54, 1.807) is 24.3 Å². The van der Waals surface area contributed by atoms with Crippen molar-refractivity contribution in [3.63, 3.8) is 0 Å². The summed E-state index contributed by atoms with van der Waals surface area (Å²) in [5, 5.41) is 6.26. The van der Waals surface area contributed by atoms with Gasteiger partial charge in [0.2, 0.25) is 5.95 Å². The zero-order valence-electron chi connectivity index (χ0n) is 12.6. The fraction of sp³-hybridized carbons (Fsp3) is 0. The van der Waals surface area contributed by atoms with Crippen molar-refractivity contribution in [2.45, 2.75) is 0 Å². The molecule has 5 nitrogen and oxygen atoms in total. The van der Waals surface area contributed by atoms with Crippen LogP contribution in [0.1, 0.15) is 10.5 Å². The summed E-state index contributed by atoms with van der Waals surface area (Å²) in [6.07, 6.45) is 1.42. The van der Waals surface area contributed by atoms with Gasteiger partial charge in [0.1, 0.15) is 11.5 Å². The molecule has 1 amide bonds. The SMILES string of the molecule is O=C(Nc1cc(Cl)ccc1Cl)c1ccnc(Nc2cccc(F)c2)n1. The van der Waals surface area contributed by atoms with Crippen molar-refractivity contribution in [3.05, 3.63) is 76.3 Å². The fourth-order valence-electron chi connectivity index (χ4n) is 2.02. The minimum Gasteiger partial charge on any atom is -0.324 e. The van der Waals surface area contributed by atoms with E-state index in [0.29, 0.717) is 21.4 Å². The lowest BCUT2D eigenvalue weighted by Crippen LogP contribution is -2.15. The zero-order valence-corrected chi connectivity index (χ0v) is 14.1. The molecule has 0 fully saturated rings. The first-order valence-electron chi connectivity index (χ1n) is 7.13. The molecule has 2 aromatic carbocycles. The fourth-order valence-corrected chi connectivity index (χ4v) is 2.36. The number of nitrogens with zero attached hydrogens (tertiary/aromatic N) is 2. The average molecular weight is 377 g/mol. The van der Waals surface area contributed by atoms with Gasteiger partial charge in [-0.15, -0.1) is 0 Å². The molecular formula is C17H11Cl2FN4O. The lowest BCUT2D eigenvalue weighted by atomic mass is 10.3. The van der Waals surface area contributed by atoms with Gasteiger partial charge in [0, 0.05) is 16.9 Å². The van der Waals surface area contributed by atoms with E-state index in [0.717, 1.165) is 0 Å². The van der Waals surface area contributed by atoms with Crippen molar-refractivity contribution in [1.82, 2.24) is 9.97 Å². The molecule has 1 aromatic heterocycles. The van der Waals surface area contributed by atoms with E-state index in [1.807, 2.05) is 0 Å². The van der Waals surface area contributed by atoms with Crippen molar-refractivity contribution in [2.24, 2.45) is 0 Å². The number of hydrogen-bond acceptors (Lipinski definition) is 4. The number of amides is 1. The number of carbonyl (C=O) groups excluding carboxylic acids is 1. The van der Waals surface area contributed by atoms with Crippen LogP contribution in [0.3, 0.4) is 0 Å². The molecule has 2 N–H and O–H groups in total. The Balaban J connectivity index is 1.78. The van der Waals surface area contributed by atoms with Crippen LogP contribution in [0.25, 0.3) is 0 Å². The maximum atomic E-state index is 13.2. The Bertz CT molecular complexity index is 936. The van der Waals surface area contributed by atoms with Crippen molar-refractivity contribution >= 4 is 46.4 Å². The molecule has 3 aromatic rings. The zero-order chi connectivity index (χ0) is 17.8. The minimum atomic E-state index is -0.478. The standard InChI is InChI=1S/C17H11Cl2FN4O/c18-10-4-5-13(19)15(8-10)23-16(25)14-6-7-21-17(24-14)22-12-3-1-2-11(20)9-12/h1-9H,(H,23,25)(H,21,22,24). The normalized spacial score (nSPS) is 10.4. The number of carbonyl (C=O) groups is 1. The highest BCUT2D eigenvalue weighted by Gasteiger charge is 2.12. The molecule has 0 spiro atoms. The predicted molar refractivity (Wildman–Crippen MR) is 96.1 cm³/mol. The van der Waals surface area contributed by atoms with Crippen LogP contribution in [0.15, 0.2) is 54.7 Å². The quantitative estimate of drug-likeness (QED) is 0.678. The number of aromatic nitrogens is 2. The first-order valence-corrected chi connectivity index (χ1v) is 7.89. The molecule has 8 heteroatoms. The number of nitrogens with one attached hydrogen (secondary N) is 2. The number of hydrogen-bond donors (Lipinski definition) is 2. The van der Waals surface area contributed by atoms with Gasteiger partial charge in [0.05, 0.1) is 10.7 Å². The number of benzene rings is 2. The molecule has 0 saturated heterocycles. The van der Waals surface area contributed by atoms with Gasteiger partial charge in [-0.3, -0.25) is 4.79 Å². The summed E-state index contributed by atoms with van der Waals surface area (Å²) in [6, 6.07) is 12.0. The third-order valence-corrected chi connectivity index (χ3v) is 3.71. The monoisotopic (exact) mass is 376 g/mol. The van der Waals surface area contributed by atoms with Gasteiger partial charge in [-0.25, -0.2) is 14.4 Å². The van der Waals surface area contributed by atoms with E-state index in [2.05, 4.69) is 20.6 Å². The molecule has 25 heavy (non-hydrogen) atoms. The number of rotatable bonds is 4. The highest BCUT2D eigenvalue weighted by atomic mass is 35.5. The smallest absolute Gasteiger partial charge is 0.274 e. The van der Waals surface area contributed by atoms with Crippen LogP contribution in [0.2, 0.25) is 10.0 Å². The van der Waals surface area contributed by atoms with Gasteiger partial charge in [0.15, 0.2) is 0 Å². The Labute approximate surface area is 152 Å². The first kappa shape index (κ1) is 17.1. The highest BCUT2D eigenvalue weighted by molar-refractivity contribution is 6.35. The molecule has 0 bridgehead atoms. The molecular weight excluding hydrogens is 366 g/mol. The molecule has 0 atom stereocenters. The van der Waals surface area contributed by atoms with Crippen LogP contribution in [0, 0.1) is 5.82 Å². The van der Waals surface area contributed by atoms with E-state index in [4.69, 9.17) is 23.2 Å². The van der Waals surface area contributed by atoms with Gasteiger partial charge in [-0.05, 0) is 42.5 Å². The Morgan fingerprint density at radius 1 is 1.08 bits per heavy atom. The van der Waals surface area contributed by atoms with Crippen LogP contribution < -0.4 is 10.6 Å². The lowest BCUT2D eigenvalue weighted by Gasteiger charge is -2.09. The van der Waals surface area contributed by atoms with Gasteiger partial charge in [-0.2, -0.15) is 0 Å². The molecule has 126 valence electrons. The Kier molecular flexibility index (Phi) is 5.11. The second kappa shape index (κ2) is 7.46. The topological polar surface area (TPSA) is 66.9 Å². The Morgan fingerprint density at radius 3 is 2.72 bits per heavy atom. The second-order valence-corrected chi connectivity index (χ2v) is 5.82. The molecule has 1 heterocycles. The van der Waals surface area contributed by atoms with E-state index in [9.17, 15) is 9.18 Å². The Morgan fingerprint density at radius 2 is 1.92 bits per heavy atom. The summed E-state index contributed by atoms with van der Waals surface area (Å²) < 4.78 is 13.2. The van der Waals surface area contributed by atoms with Crippen LogP contribution in [0.5, 0.6) is 0 Å². The van der Waals surface area contributed by atoms with Crippen LogP contribution in [-0.4, -0.2) is 15.9 Å². The van der Waals surface area contributed by atoms with E-state index in [1.165, 1.54) is 30.5 Å². The predicted octanol–water partition coefficient (Wildman–Crippen LogP) is 4.92. The summed E-state index contributed by atoms with van der Waals surface area (Å²) >= 11 is 11.9. The van der Waals surface area contributed by atoms with Crippen LogP contribution in [0.4, 0.5) is 21.7 Å². The second-order valence-electron chi connectivity index (χ2n) is 4.98. The van der Waals surface area contributed by atoms with Crippen LogP contribution in [-0.2, 0) is 0 Å². The van der Waals surface area contributed by atoms with Gasteiger partial charge in [-0.1, -0.05) is 29.3 Å². The first-order chi connectivity index (χ1) is 12.0. The maximum absolute atomic E-state index is 13.2. The third-order valence-electron chi connectivity index (χ3n) is 3.15. The molecule has 0 aliphatic carbocycles. The van der Waals surface area contributed by atoms with E-state index < -0.39 is 11.7 Å². The molecule has 3 rings (SSSR count). The van der Waals surface area contributed by atoms with Crippen molar-refractivity contribution in [3.8, 4) is 0 Å². The van der Waals surface area contributed by atoms with Gasteiger partial charge < -0.3 is 10.6 Å². The number of halogens is 3. The highest BCUT2D eigenvalue weighted by Crippen LogP contribution is 2.25. The molecule has 0 radical (unpaired) electrons. The number of anilines is 3. The summed E-state index contributed by atoms with van der Waals surface area (Å²) in [5.74, 6) is -0.709. The van der Waals surface area contributed by atoms with Gasteiger partial charge >= 0.3 is 0 Å². The summed E-state index contributed by atoms with van der Waals surface area (Å²) in [7, 11) is 0. The summed E-state index contributed by atoms with van der Waals surface area (Å²) in [6.45, 7) is 0. The maximum Gasteiger partial charge on any atom is 0.274 e. The third kappa shape index (κ3) is 4.43. The minimum absolute atomic E-state index is 0.116. The average Bonchev–Trinajstić information content (AvgIpc) is 2.58. The molecule has 0 aliphatic heterocycles. The van der Waals surface area contributed by atoms with E-state index in [-0.39, 0.29) is 11.6 Å². The lowest BCUT2D eigenvalue weighted by molar-refractivity contribution is 0.102. The molecule has 0 saturated carbocycles. The van der Waals surface area contributed by atoms with Crippen LogP contribution >= 0.6 is 23.2 Å². The van der Waals surface area contributed by atoms with E-state index >= 15 is 0 Å².